The monoisotopic (exact) mass is 250 g/mol. The van der Waals surface area contributed by atoms with Crippen LogP contribution in [0, 0.1) is 5.92 Å². The van der Waals surface area contributed by atoms with Gasteiger partial charge in [-0.1, -0.05) is 19.8 Å². The minimum absolute atomic E-state index is 0.239. The zero-order valence-corrected chi connectivity index (χ0v) is 10.9. The van der Waals surface area contributed by atoms with E-state index in [0.717, 1.165) is 44.8 Å². The van der Waals surface area contributed by atoms with E-state index in [1.165, 1.54) is 0 Å². The summed E-state index contributed by atoms with van der Waals surface area (Å²) in [6.07, 6.45) is 6.29. The molecule has 0 spiro atoms. The Balaban J connectivity index is 2.33. The van der Waals surface area contributed by atoms with E-state index in [4.69, 9.17) is 4.18 Å². The largest absolute Gasteiger partial charge is 0.390 e. The van der Waals surface area contributed by atoms with Crippen molar-refractivity contribution in [1.29, 1.82) is 0 Å². The molecule has 0 aromatic rings. The molecule has 96 valence electrons. The number of hydrogen-bond acceptors (Lipinski definition) is 4. The SMILES string of the molecule is CCC1(O)CCCC(CCOS(C)(=O)=O)C1. The van der Waals surface area contributed by atoms with Gasteiger partial charge in [0.15, 0.2) is 0 Å². The van der Waals surface area contributed by atoms with Gasteiger partial charge in [0, 0.05) is 0 Å². The van der Waals surface area contributed by atoms with E-state index in [9.17, 15) is 13.5 Å². The van der Waals surface area contributed by atoms with Gasteiger partial charge in [-0.3, -0.25) is 4.18 Å². The topological polar surface area (TPSA) is 63.6 Å². The van der Waals surface area contributed by atoms with Crippen molar-refractivity contribution >= 4 is 10.1 Å². The number of hydrogen-bond donors (Lipinski definition) is 1. The second-order valence-corrected chi connectivity index (χ2v) is 6.50. The molecule has 0 amide bonds. The Morgan fingerprint density at radius 1 is 1.50 bits per heavy atom. The van der Waals surface area contributed by atoms with E-state index in [1.54, 1.807) is 0 Å². The molecular formula is C11H22O4S. The maximum Gasteiger partial charge on any atom is 0.264 e. The third-order valence-electron chi connectivity index (χ3n) is 3.40. The quantitative estimate of drug-likeness (QED) is 0.754. The Kier molecular flexibility index (Phi) is 4.76. The molecule has 16 heavy (non-hydrogen) atoms. The third kappa shape index (κ3) is 4.80. The summed E-state index contributed by atoms with van der Waals surface area (Å²) >= 11 is 0. The molecule has 2 unspecified atom stereocenters. The van der Waals surface area contributed by atoms with Crippen LogP contribution in [0.2, 0.25) is 0 Å². The molecule has 2 atom stereocenters. The summed E-state index contributed by atoms with van der Waals surface area (Å²) in [6.45, 7) is 2.23. The third-order valence-corrected chi connectivity index (χ3v) is 4.00. The lowest BCUT2D eigenvalue weighted by Crippen LogP contribution is -2.34. The van der Waals surface area contributed by atoms with Gasteiger partial charge in [0.05, 0.1) is 18.5 Å². The predicted molar refractivity (Wildman–Crippen MR) is 62.6 cm³/mol. The highest BCUT2D eigenvalue weighted by atomic mass is 32.2. The standard InChI is InChI=1S/C11H22O4S/c1-3-11(12)7-4-5-10(9-11)6-8-15-16(2,13)14/h10,12H,3-9H2,1-2H3. The fourth-order valence-corrected chi connectivity index (χ4v) is 2.79. The summed E-state index contributed by atoms with van der Waals surface area (Å²) in [5.74, 6) is 0.389. The van der Waals surface area contributed by atoms with E-state index in [0.29, 0.717) is 5.92 Å². The molecule has 1 aliphatic carbocycles. The fraction of sp³-hybridized carbons (Fsp3) is 1.00. The molecule has 0 aliphatic heterocycles. The highest BCUT2D eigenvalue weighted by molar-refractivity contribution is 7.85. The molecule has 1 rings (SSSR count). The van der Waals surface area contributed by atoms with Crippen molar-refractivity contribution in [2.75, 3.05) is 12.9 Å². The highest BCUT2D eigenvalue weighted by Gasteiger charge is 2.32. The molecule has 1 saturated carbocycles. The van der Waals surface area contributed by atoms with Crippen molar-refractivity contribution in [3.05, 3.63) is 0 Å². The van der Waals surface area contributed by atoms with Gasteiger partial charge in [0.1, 0.15) is 0 Å². The average Bonchev–Trinajstić information content (AvgIpc) is 2.16. The Bertz CT molecular complexity index is 312. The van der Waals surface area contributed by atoms with Crippen LogP contribution < -0.4 is 0 Å². The summed E-state index contributed by atoms with van der Waals surface area (Å²) in [4.78, 5) is 0. The van der Waals surface area contributed by atoms with Crippen LogP contribution in [0.1, 0.15) is 45.4 Å². The Morgan fingerprint density at radius 2 is 2.19 bits per heavy atom. The van der Waals surface area contributed by atoms with Crippen molar-refractivity contribution in [1.82, 2.24) is 0 Å². The number of aliphatic hydroxyl groups is 1. The van der Waals surface area contributed by atoms with Gasteiger partial charge in [-0.25, -0.2) is 0 Å². The summed E-state index contributed by atoms with van der Waals surface area (Å²) in [5, 5.41) is 10.2. The molecule has 0 aromatic heterocycles. The van der Waals surface area contributed by atoms with E-state index < -0.39 is 15.7 Å². The molecule has 4 nitrogen and oxygen atoms in total. The fourth-order valence-electron chi connectivity index (χ4n) is 2.39. The van der Waals surface area contributed by atoms with Crippen LogP contribution in [-0.4, -0.2) is 32.0 Å². The van der Waals surface area contributed by atoms with E-state index in [-0.39, 0.29) is 6.61 Å². The number of rotatable bonds is 5. The summed E-state index contributed by atoms with van der Waals surface area (Å²) in [5.41, 5.74) is -0.534. The van der Waals surface area contributed by atoms with Crippen molar-refractivity contribution < 1.29 is 17.7 Å². The molecule has 0 aromatic carbocycles. The van der Waals surface area contributed by atoms with Crippen LogP contribution in [0.4, 0.5) is 0 Å². The molecule has 0 saturated heterocycles. The Labute approximate surface area is 98.1 Å². The van der Waals surface area contributed by atoms with Gasteiger partial charge in [0.2, 0.25) is 0 Å². The lowest BCUT2D eigenvalue weighted by atomic mass is 9.76. The minimum atomic E-state index is -3.32. The molecule has 1 aliphatic rings. The van der Waals surface area contributed by atoms with Gasteiger partial charge >= 0.3 is 0 Å². The molecule has 0 heterocycles. The van der Waals surface area contributed by atoms with E-state index in [1.807, 2.05) is 6.92 Å². The molecule has 1 fully saturated rings. The van der Waals surface area contributed by atoms with Gasteiger partial charge in [-0.2, -0.15) is 8.42 Å². The predicted octanol–water partition coefficient (Wildman–Crippen LogP) is 1.68. The van der Waals surface area contributed by atoms with Crippen LogP contribution in [0.15, 0.2) is 0 Å². The normalized spacial score (nSPS) is 31.6. The first-order valence-corrected chi connectivity index (χ1v) is 7.73. The van der Waals surface area contributed by atoms with Crippen molar-refractivity contribution in [3.63, 3.8) is 0 Å². The maximum absolute atomic E-state index is 10.8. The highest BCUT2D eigenvalue weighted by Crippen LogP contribution is 2.36. The molecular weight excluding hydrogens is 228 g/mol. The Morgan fingerprint density at radius 3 is 2.75 bits per heavy atom. The summed E-state index contributed by atoms with van der Waals surface area (Å²) in [6, 6.07) is 0. The van der Waals surface area contributed by atoms with Crippen molar-refractivity contribution in [3.8, 4) is 0 Å². The minimum Gasteiger partial charge on any atom is -0.390 e. The smallest absolute Gasteiger partial charge is 0.264 e. The van der Waals surface area contributed by atoms with E-state index >= 15 is 0 Å². The molecule has 5 heteroatoms. The summed E-state index contributed by atoms with van der Waals surface area (Å²) < 4.78 is 26.3. The van der Waals surface area contributed by atoms with Crippen LogP contribution in [-0.2, 0) is 14.3 Å². The molecule has 0 radical (unpaired) electrons. The lowest BCUT2D eigenvalue weighted by molar-refractivity contribution is -0.0221. The first-order valence-electron chi connectivity index (χ1n) is 5.91. The van der Waals surface area contributed by atoms with Crippen molar-refractivity contribution in [2.45, 2.75) is 51.0 Å². The van der Waals surface area contributed by atoms with E-state index in [2.05, 4.69) is 0 Å². The van der Waals surface area contributed by atoms with Gasteiger partial charge < -0.3 is 5.11 Å². The molecule has 0 bridgehead atoms. The van der Waals surface area contributed by atoms with Gasteiger partial charge in [0.25, 0.3) is 10.1 Å². The zero-order valence-electron chi connectivity index (χ0n) is 10.1. The Hall–Kier alpha value is -0.130. The van der Waals surface area contributed by atoms with Crippen LogP contribution >= 0.6 is 0 Å². The van der Waals surface area contributed by atoms with Crippen LogP contribution in [0.25, 0.3) is 0 Å². The lowest BCUT2D eigenvalue weighted by Gasteiger charge is -2.36. The van der Waals surface area contributed by atoms with Crippen LogP contribution in [0.3, 0.4) is 0 Å². The molecule has 1 N–H and O–H groups in total. The zero-order chi connectivity index (χ0) is 12.2. The van der Waals surface area contributed by atoms with Gasteiger partial charge in [-0.15, -0.1) is 0 Å². The average molecular weight is 250 g/mol. The van der Waals surface area contributed by atoms with Crippen LogP contribution in [0.5, 0.6) is 0 Å². The summed E-state index contributed by atoms with van der Waals surface area (Å²) in [7, 11) is -3.32. The maximum atomic E-state index is 10.8. The van der Waals surface area contributed by atoms with Gasteiger partial charge in [-0.05, 0) is 31.6 Å². The first-order chi connectivity index (χ1) is 7.35. The first kappa shape index (κ1) is 13.9. The second-order valence-electron chi connectivity index (χ2n) is 4.86. The second kappa shape index (κ2) is 5.47. The van der Waals surface area contributed by atoms with Crippen molar-refractivity contribution in [2.24, 2.45) is 5.92 Å².